The van der Waals surface area contributed by atoms with Gasteiger partial charge in [0.2, 0.25) is 5.91 Å². The molecule has 26 heavy (non-hydrogen) atoms. The van der Waals surface area contributed by atoms with Gasteiger partial charge in [0.05, 0.1) is 6.54 Å². The molecule has 3 rings (SSSR count). The van der Waals surface area contributed by atoms with Crippen molar-refractivity contribution in [2.75, 3.05) is 20.2 Å². The van der Waals surface area contributed by atoms with Crippen molar-refractivity contribution < 1.29 is 9.53 Å². The zero-order valence-electron chi connectivity index (χ0n) is 13.9. The first-order valence-corrected chi connectivity index (χ1v) is 8.99. The van der Waals surface area contributed by atoms with Crippen LogP contribution in [-0.4, -0.2) is 50.8 Å². The summed E-state index contributed by atoms with van der Waals surface area (Å²) in [6, 6.07) is 10.5. The highest BCUT2D eigenvalue weighted by Gasteiger charge is 2.15. The van der Waals surface area contributed by atoms with E-state index in [0.29, 0.717) is 28.9 Å². The Morgan fingerprint density at radius 3 is 2.73 bits per heavy atom. The van der Waals surface area contributed by atoms with Gasteiger partial charge in [-0.1, -0.05) is 11.6 Å². The number of hydrogen-bond acceptors (Lipinski definition) is 6. The predicted octanol–water partition coefficient (Wildman–Crippen LogP) is 1.68. The van der Waals surface area contributed by atoms with E-state index in [0.717, 1.165) is 4.68 Å². The summed E-state index contributed by atoms with van der Waals surface area (Å²) in [5, 5.41) is 10.7. The number of carbonyl (C=O) groups is 1. The lowest BCUT2D eigenvalue weighted by Gasteiger charge is -2.17. The van der Waals surface area contributed by atoms with E-state index in [-0.39, 0.29) is 12.5 Å². The number of amides is 1. The fourth-order valence-corrected chi connectivity index (χ4v) is 2.90. The van der Waals surface area contributed by atoms with Gasteiger partial charge < -0.3 is 9.64 Å². The van der Waals surface area contributed by atoms with Crippen molar-refractivity contribution in [3.63, 3.8) is 0 Å². The van der Waals surface area contributed by atoms with Crippen LogP contribution in [0, 0.1) is 0 Å². The monoisotopic (exact) mass is 393 g/mol. The molecule has 8 nitrogen and oxygen atoms in total. The van der Waals surface area contributed by atoms with Crippen LogP contribution in [0.1, 0.15) is 0 Å². The van der Waals surface area contributed by atoms with E-state index in [1.165, 1.54) is 20.9 Å². The van der Waals surface area contributed by atoms with Gasteiger partial charge in [-0.2, -0.15) is 9.36 Å². The normalized spacial score (nSPS) is 10.7. The minimum atomic E-state index is -0.452. The molecular formula is C16H16ClN5O3S. The zero-order valence-corrected chi connectivity index (χ0v) is 15.5. The Morgan fingerprint density at radius 2 is 2.04 bits per heavy atom. The number of ether oxygens (including phenoxy) is 1. The third kappa shape index (κ3) is 4.30. The average molecular weight is 394 g/mol. The van der Waals surface area contributed by atoms with E-state index >= 15 is 0 Å². The Morgan fingerprint density at radius 1 is 1.27 bits per heavy atom. The summed E-state index contributed by atoms with van der Waals surface area (Å²) in [5.41, 5.74) is -0.452. The summed E-state index contributed by atoms with van der Waals surface area (Å²) in [6.07, 6.45) is 0. The molecule has 0 atom stereocenters. The molecule has 0 saturated heterocycles. The third-order valence-corrected chi connectivity index (χ3v) is 4.67. The van der Waals surface area contributed by atoms with Crippen molar-refractivity contribution in [1.29, 1.82) is 0 Å². The molecule has 1 aromatic carbocycles. The number of benzene rings is 1. The molecule has 136 valence electrons. The van der Waals surface area contributed by atoms with Crippen LogP contribution in [0.5, 0.6) is 5.75 Å². The summed E-state index contributed by atoms with van der Waals surface area (Å²) in [5.74, 6) is 0.412. The van der Waals surface area contributed by atoms with Crippen molar-refractivity contribution in [2.24, 2.45) is 0 Å². The van der Waals surface area contributed by atoms with E-state index < -0.39 is 5.69 Å². The maximum atomic E-state index is 12.3. The van der Waals surface area contributed by atoms with Crippen molar-refractivity contribution in [1.82, 2.24) is 24.7 Å². The topological polar surface area (TPSA) is 82.2 Å². The third-order valence-electron chi connectivity index (χ3n) is 3.57. The summed E-state index contributed by atoms with van der Waals surface area (Å²) in [4.78, 5) is 26.0. The maximum Gasteiger partial charge on any atom is 0.369 e. The van der Waals surface area contributed by atoms with Gasteiger partial charge in [-0.25, -0.2) is 4.79 Å². The molecule has 0 aliphatic heterocycles. The Hall–Kier alpha value is -2.65. The second-order valence-electron chi connectivity index (χ2n) is 5.40. The fraction of sp³-hybridized carbons (Fsp3) is 0.250. The number of likely N-dealkylation sites (N-methyl/N-ethyl adjacent to an activating group) is 1. The number of tetrazole rings is 1. The van der Waals surface area contributed by atoms with Gasteiger partial charge in [-0.15, -0.1) is 11.3 Å². The van der Waals surface area contributed by atoms with E-state index in [1.54, 1.807) is 37.4 Å². The minimum Gasteiger partial charge on any atom is -0.492 e. The number of nitrogens with zero attached hydrogens (tertiary/aromatic N) is 5. The predicted molar refractivity (Wildman–Crippen MR) is 98.1 cm³/mol. The summed E-state index contributed by atoms with van der Waals surface area (Å²) in [7, 11) is 1.64. The first-order chi connectivity index (χ1) is 12.5. The van der Waals surface area contributed by atoms with E-state index in [4.69, 9.17) is 16.3 Å². The number of carbonyl (C=O) groups excluding carboxylic acids is 1. The molecule has 0 aliphatic rings. The molecule has 0 saturated carbocycles. The Balaban J connectivity index is 1.53. The van der Waals surface area contributed by atoms with Gasteiger partial charge in [-0.05, 0) is 52.2 Å². The SMILES string of the molecule is CN(CCOc1ccc(Cl)cc1)C(=O)Cn1nnn(-c2cccs2)c1=O. The largest absolute Gasteiger partial charge is 0.492 e. The zero-order chi connectivity index (χ0) is 18.5. The lowest BCUT2D eigenvalue weighted by molar-refractivity contribution is -0.131. The molecule has 0 radical (unpaired) electrons. The molecule has 0 bridgehead atoms. The lowest BCUT2D eigenvalue weighted by atomic mass is 10.3. The molecule has 2 aromatic heterocycles. The van der Waals surface area contributed by atoms with Crippen LogP contribution in [0.25, 0.3) is 5.00 Å². The van der Waals surface area contributed by atoms with E-state index in [1.807, 2.05) is 11.4 Å². The molecule has 1 amide bonds. The van der Waals surface area contributed by atoms with E-state index in [9.17, 15) is 9.59 Å². The van der Waals surface area contributed by atoms with Gasteiger partial charge in [0, 0.05) is 12.1 Å². The Bertz CT molecular complexity index is 920. The molecule has 0 N–H and O–H groups in total. The summed E-state index contributed by atoms with van der Waals surface area (Å²) < 4.78 is 7.77. The number of halogens is 1. The summed E-state index contributed by atoms with van der Waals surface area (Å²) >= 11 is 7.18. The van der Waals surface area contributed by atoms with Crippen molar-refractivity contribution >= 4 is 28.8 Å². The molecule has 10 heteroatoms. The number of aromatic nitrogens is 4. The Kier molecular flexibility index (Phi) is 5.69. The quantitative estimate of drug-likeness (QED) is 0.610. The summed E-state index contributed by atoms with van der Waals surface area (Å²) in [6.45, 7) is 0.511. The number of hydrogen-bond donors (Lipinski definition) is 0. The molecule has 0 unspecified atom stereocenters. The Labute approximate surface area is 158 Å². The smallest absolute Gasteiger partial charge is 0.369 e. The van der Waals surface area contributed by atoms with Crippen LogP contribution >= 0.6 is 22.9 Å². The van der Waals surface area contributed by atoms with Crippen LogP contribution in [0.4, 0.5) is 0 Å². The fourth-order valence-electron chi connectivity index (χ4n) is 2.11. The lowest BCUT2D eigenvalue weighted by Crippen LogP contribution is -2.36. The molecule has 3 aromatic rings. The van der Waals surface area contributed by atoms with Gasteiger partial charge in [0.1, 0.15) is 23.9 Å². The first-order valence-electron chi connectivity index (χ1n) is 7.73. The van der Waals surface area contributed by atoms with Crippen molar-refractivity contribution in [2.45, 2.75) is 6.54 Å². The highest BCUT2D eigenvalue weighted by atomic mass is 35.5. The number of thiophene rings is 1. The van der Waals surface area contributed by atoms with Crippen LogP contribution < -0.4 is 10.4 Å². The molecule has 0 spiro atoms. The standard InChI is InChI=1S/C16H16ClN5O3S/c1-20(8-9-25-13-6-4-12(17)5-7-13)14(23)11-21-16(24)22(19-18-21)15-3-2-10-26-15/h2-7,10H,8-9,11H2,1H3. The minimum absolute atomic E-state index is 0.179. The molecule has 2 heterocycles. The second kappa shape index (κ2) is 8.15. The van der Waals surface area contributed by atoms with E-state index in [2.05, 4.69) is 10.4 Å². The van der Waals surface area contributed by atoms with Gasteiger partial charge in [-0.3, -0.25) is 4.79 Å². The average Bonchev–Trinajstić information content (AvgIpc) is 3.27. The van der Waals surface area contributed by atoms with Crippen LogP contribution in [0.3, 0.4) is 0 Å². The van der Waals surface area contributed by atoms with Crippen LogP contribution in [-0.2, 0) is 11.3 Å². The second-order valence-corrected chi connectivity index (χ2v) is 6.76. The molecule has 0 fully saturated rings. The maximum absolute atomic E-state index is 12.3. The van der Waals surface area contributed by atoms with Gasteiger partial charge >= 0.3 is 5.69 Å². The molecule has 0 aliphatic carbocycles. The highest BCUT2D eigenvalue weighted by Crippen LogP contribution is 2.15. The van der Waals surface area contributed by atoms with Crippen LogP contribution in [0.2, 0.25) is 5.02 Å². The first kappa shape index (κ1) is 18.2. The molecular weight excluding hydrogens is 378 g/mol. The van der Waals surface area contributed by atoms with Crippen LogP contribution in [0.15, 0.2) is 46.6 Å². The van der Waals surface area contributed by atoms with Crippen molar-refractivity contribution in [3.05, 3.63) is 57.3 Å². The van der Waals surface area contributed by atoms with Gasteiger partial charge in [0.25, 0.3) is 0 Å². The number of rotatable bonds is 7. The van der Waals surface area contributed by atoms with Crippen molar-refractivity contribution in [3.8, 4) is 10.8 Å². The van der Waals surface area contributed by atoms with Gasteiger partial charge in [0.15, 0.2) is 0 Å². The highest BCUT2D eigenvalue weighted by molar-refractivity contribution is 7.12.